The Labute approximate surface area is 119 Å². The highest BCUT2D eigenvalue weighted by molar-refractivity contribution is 5.92. The van der Waals surface area contributed by atoms with E-state index in [9.17, 15) is 5.11 Å². The first-order chi connectivity index (χ1) is 9.67. The number of aliphatic hydroxyl groups excluding tert-OH is 1. The predicted molar refractivity (Wildman–Crippen MR) is 79.9 cm³/mol. The van der Waals surface area contributed by atoms with E-state index in [2.05, 4.69) is 35.9 Å². The summed E-state index contributed by atoms with van der Waals surface area (Å²) >= 11 is 0. The molecule has 1 aliphatic heterocycles. The molecule has 1 saturated heterocycles. The Morgan fingerprint density at radius 1 is 1.25 bits per heavy atom. The average molecular weight is 272 g/mol. The number of nitrogens with zero attached hydrogens (tertiary/aromatic N) is 2. The van der Waals surface area contributed by atoms with E-state index in [0.29, 0.717) is 5.69 Å². The molecule has 106 valence electrons. The van der Waals surface area contributed by atoms with Crippen LogP contribution in [-0.2, 0) is 11.3 Å². The van der Waals surface area contributed by atoms with Crippen LogP contribution in [0.5, 0.6) is 0 Å². The summed E-state index contributed by atoms with van der Waals surface area (Å²) in [7, 11) is 0. The second-order valence-corrected chi connectivity index (χ2v) is 5.48. The summed E-state index contributed by atoms with van der Waals surface area (Å²) in [4.78, 5) is 6.90. The molecule has 0 spiro atoms. The molecular weight excluding hydrogens is 252 g/mol. The molecule has 4 heteroatoms. The van der Waals surface area contributed by atoms with Crippen LogP contribution >= 0.6 is 0 Å². The van der Waals surface area contributed by atoms with Crippen LogP contribution in [0, 0.1) is 0 Å². The molecule has 2 atom stereocenters. The molecule has 0 saturated carbocycles. The van der Waals surface area contributed by atoms with Crippen LogP contribution in [0.25, 0.3) is 10.8 Å². The van der Waals surface area contributed by atoms with Gasteiger partial charge in [0.1, 0.15) is 5.82 Å². The number of benzene rings is 1. The number of aliphatic hydroxyl groups is 1. The fourth-order valence-corrected chi connectivity index (χ4v) is 2.91. The third-order valence-electron chi connectivity index (χ3n) is 3.65. The van der Waals surface area contributed by atoms with Crippen LogP contribution in [0.3, 0.4) is 0 Å². The highest BCUT2D eigenvalue weighted by Crippen LogP contribution is 2.28. The third-order valence-corrected chi connectivity index (χ3v) is 3.65. The van der Waals surface area contributed by atoms with Gasteiger partial charge in [-0.1, -0.05) is 24.3 Å². The van der Waals surface area contributed by atoms with Crippen LogP contribution in [-0.4, -0.2) is 35.4 Å². The molecule has 4 nitrogen and oxygen atoms in total. The number of rotatable bonds is 2. The lowest BCUT2D eigenvalue weighted by Crippen LogP contribution is -2.46. The topological polar surface area (TPSA) is 45.6 Å². The number of pyridine rings is 1. The predicted octanol–water partition coefficient (Wildman–Crippen LogP) is 2.34. The molecule has 0 aliphatic carbocycles. The largest absolute Gasteiger partial charge is 0.390 e. The van der Waals surface area contributed by atoms with Gasteiger partial charge in [0.15, 0.2) is 0 Å². The van der Waals surface area contributed by atoms with Crippen molar-refractivity contribution in [2.75, 3.05) is 18.0 Å². The van der Waals surface area contributed by atoms with E-state index >= 15 is 0 Å². The lowest BCUT2D eigenvalue weighted by Gasteiger charge is -2.36. The SMILES string of the molecule is CC1CN(c2nc(CO)cc3ccccc23)CC(C)O1. The van der Waals surface area contributed by atoms with Crippen LogP contribution in [0.4, 0.5) is 5.82 Å². The highest BCUT2D eigenvalue weighted by Gasteiger charge is 2.24. The van der Waals surface area contributed by atoms with E-state index in [-0.39, 0.29) is 18.8 Å². The summed E-state index contributed by atoms with van der Waals surface area (Å²) in [6.07, 6.45) is 0.384. The fraction of sp³-hybridized carbons (Fsp3) is 0.438. The number of ether oxygens (including phenoxy) is 1. The van der Waals surface area contributed by atoms with Gasteiger partial charge in [-0.25, -0.2) is 4.98 Å². The van der Waals surface area contributed by atoms with Crippen molar-refractivity contribution in [1.82, 2.24) is 4.98 Å². The average Bonchev–Trinajstić information content (AvgIpc) is 2.45. The van der Waals surface area contributed by atoms with Crippen molar-refractivity contribution in [3.8, 4) is 0 Å². The molecule has 0 radical (unpaired) electrons. The van der Waals surface area contributed by atoms with Gasteiger partial charge in [-0.15, -0.1) is 0 Å². The lowest BCUT2D eigenvalue weighted by atomic mass is 10.1. The summed E-state index contributed by atoms with van der Waals surface area (Å²) in [6, 6.07) is 10.1. The molecule has 0 amide bonds. The van der Waals surface area contributed by atoms with E-state index in [4.69, 9.17) is 4.74 Å². The molecule has 1 aromatic heterocycles. The van der Waals surface area contributed by atoms with E-state index in [1.807, 2.05) is 18.2 Å². The number of anilines is 1. The van der Waals surface area contributed by atoms with Gasteiger partial charge in [0.05, 0.1) is 24.5 Å². The van der Waals surface area contributed by atoms with Crippen LogP contribution in [0.2, 0.25) is 0 Å². The maximum atomic E-state index is 9.42. The first-order valence-corrected chi connectivity index (χ1v) is 7.07. The second kappa shape index (κ2) is 5.38. The van der Waals surface area contributed by atoms with Crippen LogP contribution in [0.15, 0.2) is 30.3 Å². The minimum Gasteiger partial charge on any atom is -0.390 e. The number of hydrogen-bond donors (Lipinski definition) is 1. The number of fused-ring (bicyclic) bond motifs is 1. The quantitative estimate of drug-likeness (QED) is 0.911. The van der Waals surface area contributed by atoms with Crippen molar-refractivity contribution in [2.45, 2.75) is 32.7 Å². The number of hydrogen-bond acceptors (Lipinski definition) is 4. The van der Waals surface area contributed by atoms with Gasteiger partial charge in [0.25, 0.3) is 0 Å². The second-order valence-electron chi connectivity index (χ2n) is 5.48. The number of aromatic nitrogens is 1. The van der Waals surface area contributed by atoms with Gasteiger partial charge < -0.3 is 14.7 Å². The normalized spacial score (nSPS) is 23.2. The minimum atomic E-state index is -0.0344. The number of morpholine rings is 1. The van der Waals surface area contributed by atoms with Crippen molar-refractivity contribution in [3.05, 3.63) is 36.0 Å². The van der Waals surface area contributed by atoms with Crippen molar-refractivity contribution < 1.29 is 9.84 Å². The zero-order valence-corrected chi connectivity index (χ0v) is 11.9. The van der Waals surface area contributed by atoms with E-state index in [1.165, 1.54) is 0 Å². The highest BCUT2D eigenvalue weighted by atomic mass is 16.5. The Hall–Kier alpha value is -1.65. The van der Waals surface area contributed by atoms with E-state index in [1.54, 1.807) is 0 Å². The summed E-state index contributed by atoms with van der Waals surface area (Å²) in [5.74, 6) is 0.953. The monoisotopic (exact) mass is 272 g/mol. The summed E-state index contributed by atoms with van der Waals surface area (Å²) in [5, 5.41) is 11.7. The first-order valence-electron chi connectivity index (χ1n) is 7.07. The first kappa shape index (κ1) is 13.3. The maximum Gasteiger partial charge on any atom is 0.137 e. The lowest BCUT2D eigenvalue weighted by molar-refractivity contribution is -0.00538. The molecule has 20 heavy (non-hydrogen) atoms. The molecule has 1 N–H and O–H groups in total. The van der Waals surface area contributed by atoms with Crippen molar-refractivity contribution in [3.63, 3.8) is 0 Å². The standard InChI is InChI=1S/C16H20N2O2/c1-11-8-18(9-12(2)20-11)16-15-6-4-3-5-13(15)7-14(10-19)17-16/h3-7,11-12,19H,8-10H2,1-2H3. The van der Waals surface area contributed by atoms with Gasteiger partial charge >= 0.3 is 0 Å². The zero-order valence-electron chi connectivity index (χ0n) is 11.9. The molecule has 1 aliphatic rings. The third kappa shape index (κ3) is 2.49. The smallest absolute Gasteiger partial charge is 0.137 e. The van der Waals surface area contributed by atoms with E-state index in [0.717, 1.165) is 29.7 Å². The van der Waals surface area contributed by atoms with Crippen LogP contribution < -0.4 is 4.90 Å². The zero-order chi connectivity index (χ0) is 14.1. The molecular formula is C16H20N2O2. The maximum absolute atomic E-state index is 9.42. The Balaban J connectivity index is 2.09. The summed E-state index contributed by atoms with van der Waals surface area (Å²) in [5.41, 5.74) is 0.713. The van der Waals surface area contributed by atoms with Gasteiger partial charge in [0.2, 0.25) is 0 Å². The fourth-order valence-electron chi connectivity index (χ4n) is 2.91. The Bertz CT molecular complexity index is 604. The van der Waals surface area contributed by atoms with Crippen LogP contribution in [0.1, 0.15) is 19.5 Å². The molecule has 2 heterocycles. The molecule has 2 aromatic rings. The summed E-state index contributed by atoms with van der Waals surface area (Å²) < 4.78 is 5.79. The van der Waals surface area contributed by atoms with Gasteiger partial charge in [-0.2, -0.15) is 0 Å². The Kier molecular flexibility index (Phi) is 3.59. The molecule has 0 bridgehead atoms. The molecule has 1 fully saturated rings. The van der Waals surface area contributed by atoms with Crippen molar-refractivity contribution in [1.29, 1.82) is 0 Å². The minimum absolute atomic E-state index is 0.0344. The molecule has 1 aromatic carbocycles. The molecule has 3 rings (SSSR count). The van der Waals surface area contributed by atoms with Crippen molar-refractivity contribution in [2.24, 2.45) is 0 Å². The Morgan fingerprint density at radius 2 is 1.95 bits per heavy atom. The summed E-state index contributed by atoms with van der Waals surface area (Å²) in [6.45, 7) is 5.79. The van der Waals surface area contributed by atoms with E-state index < -0.39 is 0 Å². The Morgan fingerprint density at radius 3 is 2.65 bits per heavy atom. The molecule has 2 unspecified atom stereocenters. The van der Waals surface area contributed by atoms with Crippen molar-refractivity contribution >= 4 is 16.6 Å². The van der Waals surface area contributed by atoms with Gasteiger partial charge in [0, 0.05) is 18.5 Å². The van der Waals surface area contributed by atoms with Gasteiger partial charge in [-0.3, -0.25) is 0 Å². The van der Waals surface area contributed by atoms with Gasteiger partial charge in [-0.05, 0) is 25.3 Å².